The van der Waals surface area contributed by atoms with Gasteiger partial charge in [-0.25, -0.2) is 23.3 Å². The molecule has 0 radical (unpaired) electrons. The topological polar surface area (TPSA) is 114 Å². The molecule has 5 aromatic rings. The molecule has 0 unspecified atom stereocenters. The van der Waals surface area contributed by atoms with Crippen molar-refractivity contribution in [3.8, 4) is 11.3 Å². The number of amides is 2. The highest BCUT2D eigenvalue weighted by molar-refractivity contribution is 6.20. The van der Waals surface area contributed by atoms with Crippen LogP contribution in [0.5, 0.6) is 0 Å². The van der Waals surface area contributed by atoms with Crippen molar-refractivity contribution in [2.45, 2.75) is 13.1 Å². The monoisotopic (exact) mass is 523 g/mol. The Morgan fingerprint density at radius 3 is 2.59 bits per heavy atom. The van der Waals surface area contributed by atoms with E-state index >= 15 is 0 Å². The lowest BCUT2D eigenvalue weighted by molar-refractivity contribution is -0.117. The zero-order valence-corrected chi connectivity index (χ0v) is 20.4. The third kappa shape index (κ3) is 4.29. The lowest BCUT2D eigenvalue weighted by atomic mass is 10.0. The number of rotatable bonds is 4. The quantitative estimate of drug-likeness (QED) is 0.371. The first kappa shape index (κ1) is 24.0. The van der Waals surface area contributed by atoms with Gasteiger partial charge in [0.2, 0.25) is 6.17 Å². The summed E-state index contributed by atoms with van der Waals surface area (Å²) >= 11 is 0. The van der Waals surface area contributed by atoms with Crippen LogP contribution < -0.4 is 10.6 Å². The molecule has 6 rings (SSSR count). The summed E-state index contributed by atoms with van der Waals surface area (Å²) in [7, 11) is 0. The zero-order chi connectivity index (χ0) is 27.1. The van der Waals surface area contributed by atoms with Gasteiger partial charge in [-0.3, -0.25) is 14.6 Å². The summed E-state index contributed by atoms with van der Waals surface area (Å²) in [5.41, 5.74) is 2.06. The Morgan fingerprint density at radius 1 is 0.974 bits per heavy atom. The number of halogens is 2. The van der Waals surface area contributed by atoms with Gasteiger partial charge in [-0.2, -0.15) is 5.10 Å². The average Bonchev–Trinajstić information content (AvgIpc) is 3.24. The summed E-state index contributed by atoms with van der Waals surface area (Å²) in [6, 6.07) is 18.0. The van der Waals surface area contributed by atoms with Crippen LogP contribution in [0.25, 0.3) is 16.9 Å². The average molecular weight is 524 g/mol. The summed E-state index contributed by atoms with van der Waals surface area (Å²) in [5, 5.41) is 9.53. The summed E-state index contributed by atoms with van der Waals surface area (Å²) < 4.78 is 30.8. The molecule has 1 aliphatic heterocycles. The molecule has 11 heteroatoms. The Morgan fingerprint density at radius 2 is 1.79 bits per heavy atom. The van der Waals surface area contributed by atoms with E-state index in [-0.39, 0.29) is 22.6 Å². The maximum absolute atomic E-state index is 14.8. The lowest BCUT2D eigenvalue weighted by Gasteiger charge is -2.14. The number of pyridine rings is 1. The molecule has 39 heavy (non-hydrogen) atoms. The standard InChI is InChI=1S/C28H19F2N7O2/c1-15-10-11-21-32-24(17-12-13-31-14-20(17)30)25(37(21)36-15)27(38)35-26-28(39)34-23-18(8-5-9-19(23)29)22(33-26)16-6-3-2-4-7-16/h2-14,26H,1H3,(H,34,39)(H,35,38)/t26-/m1/s1. The molecule has 0 bridgehead atoms. The fraction of sp³-hybridized carbons (Fsp3) is 0.0714. The van der Waals surface area contributed by atoms with E-state index in [9.17, 15) is 18.4 Å². The van der Waals surface area contributed by atoms with Crippen molar-refractivity contribution in [2.24, 2.45) is 4.99 Å². The first-order chi connectivity index (χ1) is 18.9. The summed E-state index contributed by atoms with van der Waals surface area (Å²) in [4.78, 5) is 39.7. The highest BCUT2D eigenvalue weighted by Gasteiger charge is 2.31. The molecule has 0 spiro atoms. The first-order valence-electron chi connectivity index (χ1n) is 11.9. The molecule has 0 saturated heterocycles. The predicted octanol–water partition coefficient (Wildman–Crippen LogP) is 3.92. The first-order valence-corrected chi connectivity index (χ1v) is 11.9. The van der Waals surface area contributed by atoms with Gasteiger partial charge in [0.15, 0.2) is 17.2 Å². The molecule has 9 nitrogen and oxygen atoms in total. The van der Waals surface area contributed by atoms with Crippen LogP contribution in [-0.2, 0) is 4.79 Å². The van der Waals surface area contributed by atoms with Crippen molar-refractivity contribution in [3.63, 3.8) is 0 Å². The van der Waals surface area contributed by atoms with Crippen LogP contribution in [0.1, 0.15) is 27.3 Å². The van der Waals surface area contributed by atoms with Crippen LogP contribution in [0.15, 0.2) is 84.1 Å². The molecule has 2 N–H and O–H groups in total. The van der Waals surface area contributed by atoms with E-state index < -0.39 is 29.6 Å². The second-order valence-corrected chi connectivity index (χ2v) is 8.78. The van der Waals surface area contributed by atoms with Gasteiger partial charge in [-0.15, -0.1) is 0 Å². The number of benzodiazepines with no additional fused rings is 1. The number of aromatic nitrogens is 4. The molecule has 192 valence electrons. The zero-order valence-electron chi connectivity index (χ0n) is 20.4. The molecule has 1 atom stereocenters. The minimum absolute atomic E-state index is 0.0149. The van der Waals surface area contributed by atoms with Crippen molar-refractivity contribution in [3.05, 3.63) is 113 Å². The van der Waals surface area contributed by atoms with Crippen LogP contribution >= 0.6 is 0 Å². The Balaban J connectivity index is 1.47. The molecule has 1 aliphatic rings. The number of imidazole rings is 1. The van der Waals surface area contributed by atoms with Crippen molar-refractivity contribution >= 4 is 28.9 Å². The molecule has 4 heterocycles. The number of fused-ring (bicyclic) bond motifs is 2. The van der Waals surface area contributed by atoms with Crippen molar-refractivity contribution in [2.75, 3.05) is 5.32 Å². The Hall–Kier alpha value is -5.32. The maximum atomic E-state index is 14.8. The molecule has 0 fully saturated rings. The minimum Gasteiger partial charge on any atom is -0.321 e. The third-order valence-electron chi connectivity index (χ3n) is 6.19. The number of carbonyl (C=O) groups excluding carboxylic acids is 2. The number of para-hydroxylation sites is 1. The molecule has 0 saturated carbocycles. The van der Waals surface area contributed by atoms with E-state index in [0.29, 0.717) is 28.2 Å². The number of nitrogens with zero attached hydrogens (tertiary/aromatic N) is 5. The molecule has 2 aromatic carbocycles. The maximum Gasteiger partial charge on any atom is 0.274 e. The predicted molar refractivity (Wildman–Crippen MR) is 139 cm³/mol. The van der Waals surface area contributed by atoms with Crippen LogP contribution in [0.3, 0.4) is 0 Å². The molecule has 2 amide bonds. The second kappa shape index (κ2) is 9.53. The highest BCUT2D eigenvalue weighted by atomic mass is 19.1. The number of anilines is 1. The van der Waals surface area contributed by atoms with Gasteiger partial charge in [0.1, 0.15) is 11.5 Å². The Bertz CT molecular complexity index is 1800. The molecule has 3 aromatic heterocycles. The van der Waals surface area contributed by atoms with Crippen LogP contribution in [-0.4, -0.2) is 43.3 Å². The number of hydrogen-bond donors (Lipinski definition) is 2. The fourth-order valence-corrected chi connectivity index (χ4v) is 4.40. The smallest absolute Gasteiger partial charge is 0.274 e. The molecular formula is C28H19F2N7O2. The number of hydrogen-bond acceptors (Lipinski definition) is 6. The van der Waals surface area contributed by atoms with E-state index in [1.54, 1.807) is 49.4 Å². The highest BCUT2D eigenvalue weighted by Crippen LogP contribution is 2.28. The molecular weight excluding hydrogens is 504 g/mol. The van der Waals surface area contributed by atoms with Gasteiger partial charge < -0.3 is 10.6 Å². The van der Waals surface area contributed by atoms with Crippen LogP contribution in [0.4, 0.5) is 14.5 Å². The van der Waals surface area contributed by atoms with Crippen LogP contribution in [0, 0.1) is 18.6 Å². The van der Waals surface area contributed by atoms with E-state index in [0.717, 1.165) is 6.20 Å². The number of benzene rings is 2. The molecule has 0 aliphatic carbocycles. The number of carbonyl (C=O) groups is 2. The Kier molecular flexibility index (Phi) is 5.87. The van der Waals surface area contributed by atoms with E-state index in [1.807, 2.05) is 6.07 Å². The lowest BCUT2D eigenvalue weighted by Crippen LogP contribution is -2.43. The summed E-state index contributed by atoms with van der Waals surface area (Å²) in [5.74, 6) is -2.87. The number of aryl methyl sites for hydroxylation is 1. The van der Waals surface area contributed by atoms with Crippen LogP contribution in [0.2, 0.25) is 0 Å². The number of nitrogens with one attached hydrogen (secondary N) is 2. The summed E-state index contributed by atoms with van der Waals surface area (Å²) in [6.07, 6.45) is 0.940. The van der Waals surface area contributed by atoms with Gasteiger partial charge in [-0.1, -0.05) is 42.5 Å². The van der Waals surface area contributed by atoms with Crippen molar-refractivity contribution in [1.29, 1.82) is 0 Å². The van der Waals surface area contributed by atoms with Gasteiger partial charge in [-0.05, 0) is 31.2 Å². The van der Waals surface area contributed by atoms with Gasteiger partial charge in [0, 0.05) is 22.9 Å². The minimum atomic E-state index is -1.45. The third-order valence-corrected chi connectivity index (χ3v) is 6.19. The van der Waals surface area contributed by atoms with Gasteiger partial charge in [0.25, 0.3) is 11.8 Å². The van der Waals surface area contributed by atoms with E-state index in [2.05, 4.69) is 30.7 Å². The summed E-state index contributed by atoms with van der Waals surface area (Å²) in [6.45, 7) is 1.73. The number of aliphatic imine (C=N–C) groups is 1. The SMILES string of the molecule is Cc1ccc2nc(-c3ccncc3F)c(C(=O)N[C@H]3N=C(c4ccccc4)c4cccc(F)c4NC3=O)n2n1. The Labute approximate surface area is 220 Å². The van der Waals surface area contributed by atoms with Gasteiger partial charge >= 0.3 is 0 Å². The fourth-order valence-electron chi connectivity index (χ4n) is 4.40. The van der Waals surface area contributed by atoms with Crippen molar-refractivity contribution in [1.82, 2.24) is 24.9 Å². The van der Waals surface area contributed by atoms with Gasteiger partial charge in [0.05, 0.1) is 23.3 Å². The van der Waals surface area contributed by atoms with E-state index in [4.69, 9.17) is 0 Å². The second-order valence-electron chi connectivity index (χ2n) is 8.78. The normalized spacial score (nSPS) is 14.8. The van der Waals surface area contributed by atoms with E-state index in [1.165, 1.54) is 28.9 Å². The largest absolute Gasteiger partial charge is 0.321 e. The van der Waals surface area contributed by atoms with Crippen molar-refractivity contribution < 1.29 is 18.4 Å².